The molecule has 3 heteroatoms. The van der Waals surface area contributed by atoms with Gasteiger partial charge in [-0.15, -0.1) is 0 Å². The molecule has 0 aliphatic heterocycles. The summed E-state index contributed by atoms with van der Waals surface area (Å²) in [5.74, 6) is 0.0496. The van der Waals surface area contributed by atoms with Crippen LogP contribution in [0.4, 0.5) is 5.69 Å². The molecule has 0 saturated carbocycles. The molecule has 3 rings (SSSR count). The number of hydrogen-bond acceptors (Lipinski definition) is 1. The van der Waals surface area contributed by atoms with Gasteiger partial charge in [0.1, 0.15) is 0 Å². The molecule has 3 aromatic rings. The molecule has 22 heavy (non-hydrogen) atoms. The first-order valence-electron chi connectivity index (χ1n) is 7.55. The van der Waals surface area contributed by atoms with Crippen molar-refractivity contribution in [3.63, 3.8) is 0 Å². The number of aryl methyl sites for hydroxylation is 3. The fourth-order valence-electron chi connectivity index (χ4n) is 2.63. The second-order valence-electron chi connectivity index (χ2n) is 5.71. The van der Waals surface area contributed by atoms with Gasteiger partial charge in [0.2, 0.25) is 5.91 Å². The van der Waals surface area contributed by atoms with E-state index >= 15 is 0 Å². The van der Waals surface area contributed by atoms with Crippen molar-refractivity contribution in [1.82, 2.24) is 4.98 Å². The molecule has 0 aliphatic carbocycles. The van der Waals surface area contributed by atoms with Crippen molar-refractivity contribution in [3.05, 3.63) is 65.4 Å². The first kappa shape index (κ1) is 14.4. The van der Waals surface area contributed by atoms with E-state index in [1.165, 1.54) is 22.1 Å². The number of amides is 1. The smallest absolute Gasteiger partial charge is 0.224 e. The SMILES string of the molecule is Cc1ccc(NC(=O)CCc2c[nH]c3ccccc23)cc1C. The normalized spacial score (nSPS) is 10.8. The van der Waals surface area contributed by atoms with E-state index in [9.17, 15) is 4.79 Å². The van der Waals surface area contributed by atoms with Gasteiger partial charge in [0.15, 0.2) is 0 Å². The van der Waals surface area contributed by atoms with E-state index in [2.05, 4.69) is 30.2 Å². The van der Waals surface area contributed by atoms with Gasteiger partial charge in [-0.3, -0.25) is 4.79 Å². The number of nitrogens with one attached hydrogen (secondary N) is 2. The average molecular weight is 292 g/mol. The zero-order valence-corrected chi connectivity index (χ0v) is 12.9. The molecular weight excluding hydrogens is 272 g/mol. The van der Waals surface area contributed by atoms with Gasteiger partial charge >= 0.3 is 0 Å². The minimum Gasteiger partial charge on any atom is -0.361 e. The molecule has 3 nitrogen and oxygen atoms in total. The molecule has 1 heterocycles. The third kappa shape index (κ3) is 3.03. The number of carbonyl (C=O) groups excluding carboxylic acids is 1. The van der Waals surface area contributed by atoms with E-state index < -0.39 is 0 Å². The molecule has 0 atom stereocenters. The van der Waals surface area contributed by atoms with E-state index in [1.54, 1.807) is 0 Å². The van der Waals surface area contributed by atoms with Crippen molar-refractivity contribution in [2.75, 3.05) is 5.32 Å². The quantitative estimate of drug-likeness (QED) is 0.737. The van der Waals surface area contributed by atoms with Crippen LogP contribution in [-0.2, 0) is 11.2 Å². The Hall–Kier alpha value is -2.55. The van der Waals surface area contributed by atoms with Crippen LogP contribution in [0, 0.1) is 13.8 Å². The molecule has 0 fully saturated rings. The summed E-state index contributed by atoms with van der Waals surface area (Å²) in [6, 6.07) is 14.2. The second kappa shape index (κ2) is 6.06. The van der Waals surface area contributed by atoms with Crippen LogP contribution in [0.3, 0.4) is 0 Å². The highest BCUT2D eigenvalue weighted by Gasteiger charge is 2.07. The Balaban J connectivity index is 1.63. The Morgan fingerprint density at radius 1 is 1.09 bits per heavy atom. The standard InChI is InChI=1S/C19H20N2O/c1-13-7-9-16(11-14(13)2)21-19(22)10-8-15-12-20-18-6-4-3-5-17(15)18/h3-7,9,11-12,20H,8,10H2,1-2H3,(H,21,22). The Morgan fingerprint density at radius 2 is 1.91 bits per heavy atom. The van der Waals surface area contributed by atoms with Crippen LogP contribution in [0.25, 0.3) is 10.9 Å². The first-order chi connectivity index (χ1) is 10.6. The number of aromatic amines is 1. The topological polar surface area (TPSA) is 44.9 Å². The molecule has 0 aliphatic rings. The predicted molar refractivity (Wildman–Crippen MR) is 91.2 cm³/mol. The summed E-state index contributed by atoms with van der Waals surface area (Å²) in [5, 5.41) is 4.17. The van der Waals surface area contributed by atoms with Gasteiger partial charge in [-0.1, -0.05) is 24.3 Å². The first-order valence-corrected chi connectivity index (χ1v) is 7.55. The molecule has 0 radical (unpaired) electrons. The molecule has 1 aromatic heterocycles. The number of carbonyl (C=O) groups is 1. The zero-order chi connectivity index (χ0) is 15.5. The number of fused-ring (bicyclic) bond motifs is 1. The molecular formula is C19H20N2O. The van der Waals surface area contributed by atoms with Gasteiger partial charge in [-0.2, -0.15) is 0 Å². The number of anilines is 1. The fourth-order valence-corrected chi connectivity index (χ4v) is 2.63. The zero-order valence-electron chi connectivity index (χ0n) is 12.9. The molecule has 1 amide bonds. The maximum atomic E-state index is 12.1. The fraction of sp³-hybridized carbons (Fsp3) is 0.211. The van der Waals surface area contributed by atoms with Gasteiger partial charge in [0, 0.05) is 29.2 Å². The van der Waals surface area contributed by atoms with Crippen LogP contribution in [-0.4, -0.2) is 10.9 Å². The highest BCUT2D eigenvalue weighted by Crippen LogP contribution is 2.19. The summed E-state index contributed by atoms with van der Waals surface area (Å²) in [6.07, 6.45) is 3.21. The Kier molecular flexibility index (Phi) is 3.96. The van der Waals surface area contributed by atoms with Gasteiger partial charge in [0.25, 0.3) is 0 Å². The molecule has 0 bridgehead atoms. The largest absolute Gasteiger partial charge is 0.361 e. The van der Waals surface area contributed by atoms with E-state index in [0.29, 0.717) is 6.42 Å². The summed E-state index contributed by atoms with van der Waals surface area (Å²) in [7, 11) is 0. The number of H-pyrrole nitrogens is 1. The predicted octanol–water partition coefficient (Wildman–Crippen LogP) is 4.36. The van der Waals surface area contributed by atoms with Crippen molar-refractivity contribution in [3.8, 4) is 0 Å². The third-order valence-corrected chi connectivity index (χ3v) is 4.09. The van der Waals surface area contributed by atoms with Crippen molar-refractivity contribution in [2.24, 2.45) is 0 Å². The maximum Gasteiger partial charge on any atom is 0.224 e. The number of aromatic nitrogens is 1. The van der Waals surface area contributed by atoms with Crippen LogP contribution in [0.1, 0.15) is 23.1 Å². The lowest BCUT2D eigenvalue weighted by atomic mass is 10.1. The van der Waals surface area contributed by atoms with Gasteiger partial charge in [0.05, 0.1) is 0 Å². The van der Waals surface area contributed by atoms with Crippen LogP contribution in [0.2, 0.25) is 0 Å². The summed E-state index contributed by atoms with van der Waals surface area (Å²) < 4.78 is 0. The van der Waals surface area contributed by atoms with Crippen LogP contribution in [0.5, 0.6) is 0 Å². The lowest BCUT2D eigenvalue weighted by Gasteiger charge is -2.07. The minimum atomic E-state index is 0.0496. The monoisotopic (exact) mass is 292 g/mol. The summed E-state index contributed by atoms with van der Waals surface area (Å²) >= 11 is 0. The highest BCUT2D eigenvalue weighted by molar-refractivity contribution is 5.91. The molecule has 0 saturated heterocycles. The Morgan fingerprint density at radius 3 is 2.73 bits per heavy atom. The van der Waals surface area contributed by atoms with Crippen molar-refractivity contribution >= 4 is 22.5 Å². The Labute approximate surface area is 130 Å². The van der Waals surface area contributed by atoms with E-state index in [1.807, 2.05) is 42.6 Å². The van der Waals surface area contributed by atoms with Crippen molar-refractivity contribution in [2.45, 2.75) is 26.7 Å². The molecule has 2 N–H and O–H groups in total. The molecule has 112 valence electrons. The maximum absolute atomic E-state index is 12.1. The van der Waals surface area contributed by atoms with Gasteiger partial charge in [-0.25, -0.2) is 0 Å². The van der Waals surface area contributed by atoms with Crippen LogP contribution < -0.4 is 5.32 Å². The van der Waals surface area contributed by atoms with Crippen molar-refractivity contribution in [1.29, 1.82) is 0 Å². The summed E-state index contributed by atoms with van der Waals surface area (Å²) in [5.41, 5.74) is 5.59. The summed E-state index contributed by atoms with van der Waals surface area (Å²) in [4.78, 5) is 15.4. The minimum absolute atomic E-state index is 0.0496. The number of hydrogen-bond donors (Lipinski definition) is 2. The highest BCUT2D eigenvalue weighted by atomic mass is 16.1. The molecule has 2 aromatic carbocycles. The molecule has 0 unspecified atom stereocenters. The van der Waals surface area contributed by atoms with E-state index in [-0.39, 0.29) is 5.91 Å². The number of benzene rings is 2. The van der Waals surface area contributed by atoms with E-state index in [4.69, 9.17) is 0 Å². The number of rotatable bonds is 4. The van der Waals surface area contributed by atoms with E-state index in [0.717, 1.165) is 17.6 Å². The molecule has 0 spiro atoms. The lowest BCUT2D eigenvalue weighted by molar-refractivity contribution is -0.116. The van der Waals surface area contributed by atoms with Crippen LogP contribution >= 0.6 is 0 Å². The number of para-hydroxylation sites is 1. The third-order valence-electron chi connectivity index (χ3n) is 4.09. The average Bonchev–Trinajstić information content (AvgIpc) is 2.92. The lowest BCUT2D eigenvalue weighted by Crippen LogP contribution is -2.12. The van der Waals surface area contributed by atoms with Crippen LogP contribution in [0.15, 0.2) is 48.7 Å². The Bertz CT molecular complexity index is 817. The van der Waals surface area contributed by atoms with Crippen molar-refractivity contribution < 1.29 is 4.79 Å². The van der Waals surface area contributed by atoms with Gasteiger partial charge < -0.3 is 10.3 Å². The second-order valence-corrected chi connectivity index (χ2v) is 5.71. The summed E-state index contributed by atoms with van der Waals surface area (Å²) in [6.45, 7) is 4.12. The van der Waals surface area contributed by atoms with Gasteiger partial charge in [-0.05, 0) is 55.2 Å².